The van der Waals surface area contributed by atoms with E-state index in [1.807, 2.05) is 24.3 Å². The van der Waals surface area contributed by atoms with Crippen LogP contribution in [-0.2, 0) is 21.2 Å². The van der Waals surface area contributed by atoms with Gasteiger partial charge < -0.3 is 5.32 Å². The van der Waals surface area contributed by atoms with Crippen LogP contribution in [0.3, 0.4) is 0 Å². The largest absolute Gasteiger partial charge is 0.326 e. The highest BCUT2D eigenvalue weighted by Gasteiger charge is 2.11. The number of hydrogen-bond donors (Lipinski definition) is 2. The Balaban J connectivity index is 1.89. The first-order chi connectivity index (χ1) is 11.8. The molecule has 0 fully saturated rings. The fourth-order valence-corrected chi connectivity index (χ4v) is 3.12. The van der Waals surface area contributed by atoms with E-state index in [2.05, 4.69) is 23.9 Å². The zero-order chi connectivity index (χ0) is 18.4. The van der Waals surface area contributed by atoms with Gasteiger partial charge in [-0.15, -0.1) is 0 Å². The molecule has 25 heavy (non-hydrogen) atoms. The molecule has 0 spiro atoms. The lowest BCUT2D eigenvalue weighted by molar-refractivity contribution is -0.116. The van der Waals surface area contributed by atoms with Gasteiger partial charge in [-0.2, -0.15) is 0 Å². The van der Waals surface area contributed by atoms with Crippen molar-refractivity contribution in [3.05, 3.63) is 59.7 Å². The number of nitrogens with one attached hydrogen (secondary N) is 2. The number of rotatable bonds is 7. The molecule has 0 saturated carbocycles. The van der Waals surface area contributed by atoms with Crippen molar-refractivity contribution in [2.75, 3.05) is 12.4 Å². The summed E-state index contributed by atoms with van der Waals surface area (Å²) in [6.07, 6.45) is 0.889. The summed E-state index contributed by atoms with van der Waals surface area (Å²) in [5, 5.41) is 2.88. The Kier molecular flexibility index (Phi) is 6.33. The van der Waals surface area contributed by atoms with E-state index < -0.39 is 10.0 Å². The first kappa shape index (κ1) is 19.1. The molecule has 0 bridgehead atoms. The normalized spacial score (nSPS) is 11.5. The molecule has 0 heterocycles. The standard InChI is InChI=1S/C19H24N2O3S/c1-14(2)16-7-9-17(10-8-16)21-19(22)13-6-15-4-11-18(12-5-15)25(23,24)20-3/h4-5,7-12,14,20H,6,13H2,1-3H3,(H,21,22). The Morgan fingerprint density at radius 2 is 1.60 bits per heavy atom. The van der Waals surface area contributed by atoms with Crippen LogP contribution in [0.2, 0.25) is 0 Å². The van der Waals surface area contributed by atoms with Gasteiger partial charge in [-0.3, -0.25) is 4.79 Å². The zero-order valence-corrected chi connectivity index (χ0v) is 15.6. The fraction of sp³-hybridized carbons (Fsp3) is 0.316. The van der Waals surface area contributed by atoms with Gasteiger partial charge in [0.25, 0.3) is 0 Å². The Morgan fingerprint density at radius 1 is 1.00 bits per heavy atom. The van der Waals surface area contributed by atoms with Gasteiger partial charge in [-0.05, 0) is 54.8 Å². The summed E-state index contributed by atoms with van der Waals surface area (Å²) in [6.45, 7) is 4.25. The number of aryl methyl sites for hydroxylation is 1. The van der Waals surface area contributed by atoms with E-state index in [4.69, 9.17) is 0 Å². The van der Waals surface area contributed by atoms with E-state index in [9.17, 15) is 13.2 Å². The van der Waals surface area contributed by atoms with Gasteiger partial charge in [0.05, 0.1) is 4.90 Å². The van der Waals surface area contributed by atoms with Crippen LogP contribution in [0.25, 0.3) is 0 Å². The number of amides is 1. The molecule has 6 heteroatoms. The third-order valence-corrected chi connectivity index (χ3v) is 5.43. The molecule has 0 radical (unpaired) electrons. The van der Waals surface area contributed by atoms with Crippen LogP contribution in [-0.4, -0.2) is 21.4 Å². The van der Waals surface area contributed by atoms with Gasteiger partial charge >= 0.3 is 0 Å². The number of carbonyl (C=O) groups excluding carboxylic acids is 1. The maximum absolute atomic E-state index is 12.1. The van der Waals surface area contributed by atoms with Crippen LogP contribution in [0.5, 0.6) is 0 Å². The lowest BCUT2D eigenvalue weighted by Gasteiger charge is -2.09. The lowest BCUT2D eigenvalue weighted by Crippen LogP contribution is -2.18. The maximum atomic E-state index is 12.1. The maximum Gasteiger partial charge on any atom is 0.240 e. The average molecular weight is 360 g/mol. The monoisotopic (exact) mass is 360 g/mol. The summed E-state index contributed by atoms with van der Waals surface area (Å²) in [7, 11) is -2.05. The first-order valence-electron chi connectivity index (χ1n) is 8.24. The smallest absolute Gasteiger partial charge is 0.240 e. The highest BCUT2D eigenvalue weighted by atomic mass is 32.2. The van der Waals surface area contributed by atoms with Crippen LogP contribution in [0.4, 0.5) is 5.69 Å². The molecular formula is C19H24N2O3S. The van der Waals surface area contributed by atoms with Gasteiger partial charge in [-0.1, -0.05) is 38.1 Å². The van der Waals surface area contributed by atoms with Gasteiger partial charge in [0.15, 0.2) is 0 Å². The van der Waals surface area contributed by atoms with E-state index in [-0.39, 0.29) is 10.8 Å². The van der Waals surface area contributed by atoms with E-state index in [1.54, 1.807) is 24.3 Å². The molecule has 134 valence electrons. The topological polar surface area (TPSA) is 75.3 Å². The number of sulfonamides is 1. The van der Waals surface area contributed by atoms with E-state index in [1.165, 1.54) is 12.6 Å². The van der Waals surface area contributed by atoms with Crippen LogP contribution >= 0.6 is 0 Å². The SMILES string of the molecule is CNS(=O)(=O)c1ccc(CCC(=O)Nc2ccc(C(C)C)cc2)cc1. The molecule has 0 aromatic heterocycles. The second-order valence-electron chi connectivity index (χ2n) is 6.18. The second-order valence-corrected chi connectivity index (χ2v) is 8.06. The van der Waals surface area contributed by atoms with Gasteiger partial charge in [0.2, 0.25) is 15.9 Å². The van der Waals surface area contributed by atoms with E-state index >= 15 is 0 Å². The number of hydrogen-bond acceptors (Lipinski definition) is 3. The van der Waals surface area contributed by atoms with Gasteiger partial charge in [0, 0.05) is 12.1 Å². The molecule has 0 unspecified atom stereocenters. The molecular weight excluding hydrogens is 336 g/mol. The Bertz CT molecular complexity index is 811. The molecule has 2 rings (SSSR count). The number of benzene rings is 2. The zero-order valence-electron chi connectivity index (χ0n) is 14.7. The predicted octanol–water partition coefficient (Wildman–Crippen LogP) is 3.29. The molecule has 1 amide bonds. The Morgan fingerprint density at radius 3 is 2.12 bits per heavy atom. The number of anilines is 1. The van der Waals surface area contributed by atoms with E-state index in [0.717, 1.165) is 11.3 Å². The minimum Gasteiger partial charge on any atom is -0.326 e. The molecule has 2 N–H and O–H groups in total. The van der Waals surface area contributed by atoms with E-state index in [0.29, 0.717) is 18.8 Å². The summed E-state index contributed by atoms with van der Waals surface area (Å²) in [5.74, 6) is 0.392. The molecule has 0 aliphatic heterocycles. The average Bonchev–Trinajstić information content (AvgIpc) is 2.61. The summed E-state index contributed by atoms with van der Waals surface area (Å²) < 4.78 is 25.6. The van der Waals surface area contributed by atoms with Gasteiger partial charge in [0.1, 0.15) is 0 Å². The molecule has 0 atom stereocenters. The van der Waals surface area contributed by atoms with Crippen LogP contribution in [0, 0.1) is 0 Å². The molecule has 0 aliphatic rings. The van der Waals surface area contributed by atoms with Crippen molar-refractivity contribution in [3.63, 3.8) is 0 Å². The summed E-state index contributed by atoms with van der Waals surface area (Å²) in [6, 6.07) is 14.4. The van der Waals surface area contributed by atoms with Gasteiger partial charge in [-0.25, -0.2) is 13.1 Å². The lowest BCUT2D eigenvalue weighted by atomic mass is 10.0. The molecule has 0 saturated heterocycles. The van der Waals surface area contributed by atoms with Crippen LogP contribution in [0.1, 0.15) is 37.3 Å². The van der Waals surface area contributed by atoms with Crippen molar-refractivity contribution in [3.8, 4) is 0 Å². The molecule has 2 aromatic carbocycles. The third kappa shape index (κ3) is 5.41. The summed E-state index contributed by atoms with van der Waals surface area (Å²) in [5.41, 5.74) is 2.93. The molecule has 0 aliphatic carbocycles. The fourth-order valence-electron chi connectivity index (χ4n) is 2.39. The third-order valence-electron chi connectivity index (χ3n) is 4.00. The highest BCUT2D eigenvalue weighted by Crippen LogP contribution is 2.17. The summed E-state index contributed by atoms with van der Waals surface area (Å²) >= 11 is 0. The minimum atomic E-state index is -3.43. The van der Waals surface area contributed by atoms with Crippen molar-refractivity contribution in [1.82, 2.24) is 4.72 Å². The van der Waals surface area contributed by atoms with Crippen LogP contribution < -0.4 is 10.0 Å². The van der Waals surface area contributed by atoms with Crippen molar-refractivity contribution >= 4 is 21.6 Å². The van der Waals surface area contributed by atoms with Crippen molar-refractivity contribution in [2.45, 2.75) is 37.5 Å². The van der Waals surface area contributed by atoms with Crippen molar-refractivity contribution in [2.24, 2.45) is 0 Å². The molecule has 2 aromatic rings. The van der Waals surface area contributed by atoms with Crippen LogP contribution in [0.15, 0.2) is 53.4 Å². The summed E-state index contributed by atoms with van der Waals surface area (Å²) in [4.78, 5) is 12.3. The second kappa shape index (κ2) is 8.27. The van der Waals surface area contributed by atoms with Crippen molar-refractivity contribution < 1.29 is 13.2 Å². The number of carbonyl (C=O) groups is 1. The first-order valence-corrected chi connectivity index (χ1v) is 9.72. The Hall–Kier alpha value is -2.18. The quantitative estimate of drug-likeness (QED) is 0.795. The predicted molar refractivity (Wildman–Crippen MR) is 100 cm³/mol. The van der Waals surface area contributed by atoms with Crippen molar-refractivity contribution in [1.29, 1.82) is 0 Å². The Labute approximate surface area is 149 Å². The molecule has 5 nitrogen and oxygen atoms in total. The minimum absolute atomic E-state index is 0.0655. The highest BCUT2D eigenvalue weighted by molar-refractivity contribution is 7.89.